The molecule has 32 heavy (non-hydrogen) atoms. The van der Waals surface area contributed by atoms with E-state index in [0.29, 0.717) is 19.1 Å². The Hall–Kier alpha value is -2.82. The number of likely N-dealkylation sites (tertiary alicyclic amines) is 1. The summed E-state index contributed by atoms with van der Waals surface area (Å²) in [6.45, 7) is 13.8. The quantitative estimate of drug-likeness (QED) is 0.459. The van der Waals surface area contributed by atoms with Gasteiger partial charge in [0, 0.05) is 24.7 Å². The van der Waals surface area contributed by atoms with Gasteiger partial charge in [-0.25, -0.2) is 9.78 Å². The van der Waals surface area contributed by atoms with Crippen molar-refractivity contribution in [3.8, 4) is 11.4 Å². The predicted molar refractivity (Wildman–Crippen MR) is 130 cm³/mol. The van der Waals surface area contributed by atoms with Gasteiger partial charge in [-0.1, -0.05) is 57.2 Å². The minimum Gasteiger partial charge on any atom is -0.444 e. The second-order valence-electron chi connectivity index (χ2n) is 10.8. The molecule has 0 bridgehead atoms. The van der Waals surface area contributed by atoms with Crippen LogP contribution in [0.25, 0.3) is 22.4 Å². The van der Waals surface area contributed by atoms with Crippen molar-refractivity contribution in [2.45, 2.75) is 71.4 Å². The summed E-state index contributed by atoms with van der Waals surface area (Å²) in [6, 6.07) is 17.4. The van der Waals surface area contributed by atoms with Crippen LogP contribution in [0.3, 0.4) is 0 Å². The molecule has 170 valence electrons. The Morgan fingerprint density at radius 3 is 2.16 bits per heavy atom. The van der Waals surface area contributed by atoms with E-state index >= 15 is 0 Å². The highest BCUT2D eigenvalue weighted by atomic mass is 16.6. The zero-order valence-corrected chi connectivity index (χ0v) is 20.2. The fourth-order valence-electron chi connectivity index (χ4n) is 4.37. The molecule has 0 radical (unpaired) electrons. The van der Waals surface area contributed by atoms with E-state index in [1.165, 1.54) is 5.56 Å². The summed E-state index contributed by atoms with van der Waals surface area (Å²) >= 11 is 0. The molecular weight excluding hydrogens is 398 g/mol. The van der Waals surface area contributed by atoms with Crippen LogP contribution in [-0.4, -0.2) is 39.2 Å². The molecule has 0 unspecified atom stereocenters. The molecule has 0 saturated carbocycles. The molecule has 0 aliphatic carbocycles. The number of imidazole rings is 1. The first kappa shape index (κ1) is 22.4. The van der Waals surface area contributed by atoms with Gasteiger partial charge in [0.15, 0.2) is 0 Å². The summed E-state index contributed by atoms with van der Waals surface area (Å²) in [6.07, 6.45) is 1.55. The summed E-state index contributed by atoms with van der Waals surface area (Å²) in [7, 11) is 0. The van der Waals surface area contributed by atoms with Crippen molar-refractivity contribution < 1.29 is 9.53 Å². The summed E-state index contributed by atoms with van der Waals surface area (Å²) in [4.78, 5) is 19.3. The largest absolute Gasteiger partial charge is 0.444 e. The molecule has 3 aromatic rings. The van der Waals surface area contributed by atoms with Gasteiger partial charge in [-0.15, -0.1) is 0 Å². The maximum absolute atomic E-state index is 12.5. The van der Waals surface area contributed by atoms with E-state index in [0.717, 1.165) is 35.3 Å². The number of hydrogen-bond acceptors (Lipinski definition) is 3. The Balaban J connectivity index is 1.63. The lowest BCUT2D eigenvalue weighted by molar-refractivity contribution is 0.0190. The second-order valence-corrected chi connectivity index (χ2v) is 10.8. The molecule has 2 heterocycles. The van der Waals surface area contributed by atoms with Crippen LogP contribution in [0.5, 0.6) is 0 Å². The van der Waals surface area contributed by atoms with Crippen molar-refractivity contribution in [2.75, 3.05) is 13.1 Å². The highest BCUT2D eigenvalue weighted by Crippen LogP contribution is 2.34. The first-order chi connectivity index (χ1) is 15.0. The molecule has 1 amide bonds. The van der Waals surface area contributed by atoms with Crippen LogP contribution in [0, 0.1) is 0 Å². The van der Waals surface area contributed by atoms with Gasteiger partial charge in [0.05, 0.1) is 11.0 Å². The summed E-state index contributed by atoms with van der Waals surface area (Å²) in [5.74, 6) is 1.00. The van der Waals surface area contributed by atoms with Crippen LogP contribution in [-0.2, 0) is 10.2 Å². The van der Waals surface area contributed by atoms with E-state index in [1.54, 1.807) is 0 Å². The van der Waals surface area contributed by atoms with Crippen molar-refractivity contribution >= 4 is 17.1 Å². The Labute approximate surface area is 191 Å². The average Bonchev–Trinajstić information content (AvgIpc) is 3.12. The maximum Gasteiger partial charge on any atom is 0.410 e. The number of carbonyl (C=O) groups excluding carboxylic acids is 1. The van der Waals surface area contributed by atoms with Crippen LogP contribution in [0.15, 0.2) is 48.5 Å². The molecule has 1 aliphatic heterocycles. The molecular formula is C27H35N3O2. The van der Waals surface area contributed by atoms with Gasteiger partial charge in [-0.3, -0.25) is 0 Å². The Morgan fingerprint density at radius 2 is 1.56 bits per heavy atom. The van der Waals surface area contributed by atoms with E-state index in [4.69, 9.17) is 9.72 Å². The lowest BCUT2D eigenvalue weighted by Gasteiger charge is -2.34. The monoisotopic (exact) mass is 433 g/mol. The third kappa shape index (κ3) is 4.67. The van der Waals surface area contributed by atoms with Gasteiger partial charge in [0.25, 0.3) is 0 Å². The maximum atomic E-state index is 12.5. The Bertz CT molecular complexity index is 1090. The molecule has 1 aromatic heterocycles. The predicted octanol–water partition coefficient (Wildman–Crippen LogP) is 6.57. The first-order valence-corrected chi connectivity index (χ1v) is 11.6. The molecule has 5 nitrogen and oxygen atoms in total. The van der Waals surface area contributed by atoms with Crippen molar-refractivity contribution in [3.63, 3.8) is 0 Å². The highest BCUT2D eigenvalue weighted by Gasteiger charge is 2.29. The van der Waals surface area contributed by atoms with Gasteiger partial charge in [-0.05, 0) is 56.7 Å². The van der Waals surface area contributed by atoms with Gasteiger partial charge >= 0.3 is 6.09 Å². The number of aromatic nitrogens is 2. The lowest BCUT2D eigenvalue weighted by atomic mass is 9.86. The number of ether oxygens (including phenoxy) is 1. The van der Waals surface area contributed by atoms with Gasteiger partial charge in [0.1, 0.15) is 11.4 Å². The number of rotatable bonds is 2. The molecule has 0 N–H and O–H groups in total. The number of amides is 1. The van der Waals surface area contributed by atoms with Crippen LogP contribution in [0.4, 0.5) is 4.79 Å². The zero-order valence-electron chi connectivity index (χ0n) is 20.2. The van der Waals surface area contributed by atoms with Crippen LogP contribution in [0.1, 0.15) is 66.0 Å². The van der Waals surface area contributed by atoms with Gasteiger partial charge in [0.2, 0.25) is 0 Å². The molecule has 4 rings (SSSR count). The molecule has 5 heteroatoms. The molecule has 2 aromatic carbocycles. The van der Waals surface area contributed by atoms with Crippen molar-refractivity contribution in [3.05, 3.63) is 54.1 Å². The zero-order chi connectivity index (χ0) is 23.1. The second kappa shape index (κ2) is 8.27. The third-order valence-corrected chi connectivity index (χ3v) is 6.09. The number of carbonyl (C=O) groups is 1. The summed E-state index contributed by atoms with van der Waals surface area (Å²) in [5, 5.41) is 0. The third-order valence-electron chi connectivity index (χ3n) is 6.09. The molecule has 1 aliphatic rings. The number of fused-ring (bicyclic) bond motifs is 1. The van der Waals surface area contributed by atoms with E-state index in [-0.39, 0.29) is 11.5 Å². The molecule has 1 fully saturated rings. The van der Waals surface area contributed by atoms with Crippen LogP contribution in [0.2, 0.25) is 0 Å². The lowest BCUT2D eigenvalue weighted by Crippen LogP contribution is -2.42. The van der Waals surface area contributed by atoms with Crippen molar-refractivity contribution in [1.29, 1.82) is 0 Å². The number of hydrogen-bond donors (Lipinski definition) is 0. The fraction of sp³-hybridized carbons (Fsp3) is 0.481. The van der Waals surface area contributed by atoms with E-state index in [9.17, 15) is 4.79 Å². The summed E-state index contributed by atoms with van der Waals surface area (Å²) in [5.41, 5.74) is 4.25. The van der Waals surface area contributed by atoms with Crippen LogP contribution < -0.4 is 0 Å². The topological polar surface area (TPSA) is 47.4 Å². The number of para-hydroxylation sites is 2. The van der Waals surface area contributed by atoms with E-state index in [1.807, 2.05) is 31.7 Å². The van der Waals surface area contributed by atoms with E-state index in [2.05, 4.69) is 67.8 Å². The van der Waals surface area contributed by atoms with Gasteiger partial charge in [-0.2, -0.15) is 0 Å². The van der Waals surface area contributed by atoms with E-state index < -0.39 is 5.60 Å². The first-order valence-electron chi connectivity index (χ1n) is 11.6. The standard InChI is InChI=1S/C27H35N3O2/c1-26(2,3)20-13-11-19(12-14-20)24-28-22-9-7-8-10-23(22)30(24)21-15-17-29(18-16-21)25(31)32-27(4,5)6/h7-14,21H,15-18H2,1-6H3. The summed E-state index contributed by atoms with van der Waals surface area (Å²) < 4.78 is 7.96. The number of nitrogens with zero attached hydrogens (tertiary/aromatic N) is 3. The highest BCUT2D eigenvalue weighted by molar-refractivity contribution is 5.81. The smallest absolute Gasteiger partial charge is 0.410 e. The van der Waals surface area contributed by atoms with Crippen molar-refractivity contribution in [2.24, 2.45) is 0 Å². The van der Waals surface area contributed by atoms with Gasteiger partial charge < -0.3 is 14.2 Å². The minimum atomic E-state index is -0.471. The fourth-order valence-corrected chi connectivity index (χ4v) is 4.37. The van der Waals surface area contributed by atoms with Crippen LogP contribution >= 0.6 is 0 Å². The normalized spacial score (nSPS) is 15.9. The molecule has 0 spiro atoms. The minimum absolute atomic E-state index is 0.118. The Morgan fingerprint density at radius 1 is 0.938 bits per heavy atom. The number of benzene rings is 2. The number of piperidine rings is 1. The van der Waals surface area contributed by atoms with Crippen molar-refractivity contribution in [1.82, 2.24) is 14.5 Å². The average molecular weight is 434 g/mol. The molecule has 1 saturated heterocycles. The molecule has 0 atom stereocenters. The SMILES string of the molecule is CC(C)(C)OC(=O)N1CCC(n2c(-c3ccc(C(C)(C)C)cc3)nc3ccccc32)CC1. The Kier molecular flexibility index (Phi) is 5.78.